The Hall–Kier alpha value is -1.59. The SMILES string of the molecule is CC1=CC(C)(C)C(O)=C(C(=O)C(F)(F)F)C1=O. The van der Waals surface area contributed by atoms with Gasteiger partial charge in [-0.25, -0.2) is 0 Å². The number of Topliss-reactive ketones (excluding diaryl/α,β-unsaturated/α-hetero) is 2. The lowest BCUT2D eigenvalue weighted by Gasteiger charge is -2.27. The number of carbonyl (C=O) groups is 2. The molecule has 94 valence electrons. The molecule has 0 fully saturated rings. The van der Waals surface area contributed by atoms with Gasteiger partial charge in [-0.2, -0.15) is 13.2 Å². The van der Waals surface area contributed by atoms with Crippen molar-refractivity contribution in [3.05, 3.63) is 23.0 Å². The zero-order valence-electron chi connectivity index (χ0n) is 9.47. The number of alkyl halides is 3. The van der Waals surface area contributed by atoms with Crippen molar-refractivity contribution in [2.24, 2.45) is 5.41 Å². The first-order valence-electron chi connectivity index (χ1n) is 4.78. The molecule has 1 rings (SSSR count). The van der Waals surface area contributed by atoms with Crippen LogP contribution in [0.15, 0.2) is 23.0 Å². The van der Waals surface area contributed by atoms with Gasteiger partial charge in [-0.05, 0) is 26.3 Å². The summed E-state index contributed by atoms with van der Waals surface area (Å²) in [7, 11) is 0. The maximum Gasteiger partial charge on any atom is 0.455 e. The minimum absolute atomic E-state index is 0.0143. The van der Waals surface area contributed by atoms with Crippen molar-refractivity contribution in [2.75, 3.05) is 0 Å². The summed E-state index contributed by atoms with van der Waals surface area (Å²) in [6, 6.07) is 0. The molecule has 0 atom stereocenters. The Kier molecular flexibility index (Phi) is 2.94. The topological polar surface area (TPSA) is 54.4 Å². The summed E-state index contributed by atoms with van der Waals surface area (Å²) >= 11 is 0. The van der Waals surface area contributed by atoms with Crippen LogP contribution in [0, 0.1) is 5.41 Å². The molecule has 0 saturated carbocycles. The highest BCUT2D eigenvalue weighted by molar-refractivity contribution is 6.28. The number of aliphatic hydroxyl groups is 1. The zero-order chi connectivity index (χ0) is 13.6. The average Bonchev–Trinajstić information content (AvgIpc) is 2.13. The third kappa shape index (κ3) is 2.25. The van der Waals surface area contributed by atoms with Gasteiger partial charge in [-0.1, -0.05) is 6.08 Å². The van der Waals surface area contributed by atoms with Crippen molar-refractivity contribution in [3.63, 3.8) is 0 Å². The summed E-state index contributed by atoms with van der Waals surface area (Å²) in [6.45, 7) is 4.14. The largest absolute Gasteiger partial charge is 0.510 e. The fourth-order valence-electron chi connectivity index (χ4n) is 1.65. The summed E-state index contributed by atoms with van der Waals surface area (Å²) in [5.74, 6) is -4.22. The van der Waals surface area contributed by atoms with Gasteiger partial charge in [0.15, 0.2) is 5.78 Å². The van der Waals surface area contributed by atoms with Gasteiger partial charge in [0, 0.05) is 5.41 Å². The molecule has 1 N–H and O–H groups in total. The van der Waals surface area contributed by atoms with Gasteiger partial charge >= 0.3 is 6.18 Å². The van der Waals surface area contributed by atoms with Crippen LogP contribution in [0.2, 0.25) is 0 Å². The van der Waals surface area contributed by atoms with Gasteiger partial charge in [0.25, 0.3) is 5.78 Å². The second-order valence-electron chi connectivity index (χ2n) is 4.43. The molecule has 0 radical (unpaired) electrons. The van der Waals surface area contributed by atoms with Crippen molar-refractivity contribution in [2.45, 2.75) is 26.9 Å². The van der Waals surface area contributed by atoms with Gasteiger partial charge < -0.3 is 5.11 Å². The van der Waals surface area contributed by atoms with Gasteiger partial charge in [-0.15, -0.1) is 0 Å². The number of hydrogen-bond donors (Lipinski definition) is 1. The molecule has 6 heteroatoms. The number of rotatable bonds is 1. The molecular weight excluding hydrogens is 237 g/mol. The van der Waals surface area contributed by atoms with Crippen molar-refractivity contribution < 1.29 is 27.9 Å². The molecule has 0 bridgehead atoms. The molecule has 0 spiro atoms. The normalized spacial score (nSPS) is 20.4. The van der Waals surface area contributed by atoms with Crippen LogP contribution in [-0.4, -0.2) is 22.8 Å². The number of carbonyl (C=O) groups excluding carboxylic acids is 2. The van der Waals surface area contributed by atoms with Crippen LogP contribution in [0.5, 0.6) is 0 Å². The number of ketones is 2. The van der Waals surface area contributed by atoms with Crippen LogP contribution in [0.25, 0.3) is 0 Å². The Morgan fingerprint density at radius 3 is 2.24 bits per heavy atom. The molecule has 0 aromatic heterocycles. The lowest BCUT2D eigenvalue weighted by molar-refractivity contribution is -0.167. The van der Waals surface area contributed by atoms with Crippen LogP contribution >= 0.6 is 0 Å². The van der Waals surface area contributed by atoms with E-state index in [0.717, 1.165) is 0 Å². The van der Waals surface area contributed by atoms with Crippen molar-refractivity contribution in [1.82, 2.24) is 0 Å². The molecule has 0 amide bonds. The molecule has 3 nitrogen and oxygen atoms in total. The first kappa shape index (κ1) is 13.5. The molecule has 1 aliphatic carbocycles. The standard InChI is InChI=1S/C11H11F3O3/c1-5-4-10(2,3)8(16)6(7(5)15)9(17)11(12,13)14/h4,16H,1-3H3. The smallest absolute Gasteiger partial charge is 0.455 e. The Balaban J connectivity index is 3.40. The third-order valence-electron chi connectivity index (χ3n) is 2.49. The van der Waals surface area contributed by atoms with Crippen LogP contribution in [0.4, 0.5) is 13.2 Å². The summed E-state index contributed by atoms with van der Waals surface area (Å²) in [5, 5.41) is 9.61. The van der Waals surface area contributed by atoms with E-state index in [1.54, 1.807) is 0 Å². The highest BCUT2D eigenvalue weighted by Crippen LogP contribution is 2.37. The van der Waals surface area contributed by atoms with Gasteiger partial charge in [-0.3, -0.25) is 9.59 Å². The molecule has 0 aromatic carbocycles. The molecule has 0 aliphatic heterocycles. The monoisotopic (exact) mass is 248 g/mol. The molecule has 17 heavy (non-hydrogen) atoms. The summed E-state index contributed by atoms with van der Waals surface area (Å²) < 4.78 is 36.9. The second kappa shape index (κ2) is 3.72. The fraction of sp³-hybridized carbons (Fsp3) is 0.455. The number of allylic oxidation sites excluding steroid dienone is 3. The van der Waals surface area contributed by atoms with E-state index in [1.165, 1.54) is 26.8 Å². The van der Waals surface area contributed by atoms with E-state index >= 15 is 0 Å². The highest BCUT2D eigenvalue weighted by atomic mass is 19.4. The fourth-order valence-corrected chi connectivity index (χ4v) is 1.65. The Labute approximate surface area is 95.6 Å². The lowest BCUT2D eigenvalue weighted by atomic mass is 9.78. The maximum absolute atomic E-state index is 12.3. The van der Waals surface area contributed by atoms with Crippen LogP contribution < -0.4 is 0 Å². The molecule has 0 saturated heterocycles. The van der Waals surface area contributed by atoms with Gasteiger partial charge in [0.1, 0.15) is 11.3 Å². The van der Waals surface area contributed by atoms with Gasteiger partial charge in [0.2, 0.25) is 0 Å². The summed E-state index contributed by atoms with van der Waals surface area (Å²) in [5.41, 5.74) is -2.32. The lowest BCUT2D eigenvalue weighted by Crippen LogP contribution is -2.34. The van der Waals surface area contributed by atoms with Crippen LogP contribution in [0.3, 0.4) is 0 Å². The third-order valence-corrected chi connectivity index (χ3v) is 2.49. The molecule has 0 unspecified atom stereocenters. The molecule has 1 aliphatic rings. The highest BCUT2D eigenvalue weighted by Gasteiger charge is 2.47. The number of halogens is 3. The van der Waals surface area contributed by atoms with E-state index < -0.39 is 34.5 Å². The predicted molar refractivity (Wildman–Crippen MR) is 53.3 cm³/mol. The minimum Gasteiger partial charge on any atom is -0.510 e. The first-order chi connectivity index (χ1) is 7.48. The minimum atomic E-state index is -5.17. The van der Waals surface area contributed by atoms with Crippen molar-refractivity contribution in [3.8, 4) is 0 Å². The summed E-state index contributed by atoms with van der Waals surface area (Å²) in [6.07, 6.45) is -3.84. The zero-order valence-corrected chi connectivity index (χ0v) is 9.47. The summed E-state index contributed by atoms with van der Waals surface area (Å²) in [4.78, 5) is 22.6. The van der Waals surface area contributed by atoms with E-state index in [0.29, 0.717) is 0 Å². The van der Waals surface area contributed by atoms with E-state index in [9.17, 15) is 27.9 Å². The van der Waals surface area contributed by atoms with Gasteiger partial charge in [0.05, 0.1) is 0 Å². The quantitative estimate of drug-likeness (QED) is 0.725. The van der Waals surface area contributed by atoms with E-state index in [-0.39, 0.29) is 5.57 Å². The first-order valence-corrected chi connectivity index (χ1v) is 4.78. The van der Waals surface area contributed by atoms with E-state index in [4.69, 9.17) is 0 Å². The Bertz CT molecular complexity index is 453. The van der Waals surface area contributed by atoms with Crippen molar-refractivity contribution in [1.29, 1.82) is 0 Å². The molecule has 0 heterocycles. The van der Waals surface area contributed by atoms with Crippen LogP contribution in [0.1, 0.15) is 20.8 Å². The molecular formula is C11H11F3O3. The average molecular weight is 248 g/mol. The second-order valence-corrected chi connectivity index (χ2v) is 4.43. The Morgan fingerprint density at radius 1 is 1.35 bits per heavy atom. The van der Waals surface area contributed by atoms with E-state index in [2.05, 4.69) is 0 Å². The number of hydrogen-bond acceptors (Lipinski definition) is 3. The number of aliphatic hydroxyl groups excluding tert-OH is 1. The Morgan fingerprint density at radius 2 is 1.82 bits per heavy atom. The maximum atomic E-state index is 12.3. The van der Waals surface area contributed by atoms with Crippen LogP contribution in [-0.2, 0) is 9.59 Å². The van der Waals surface area contributed by atoms with E-state index in [1.807, 2.05) is 0 Å². The predicted octanol–water partition coefficient (Wildman–Crippen LogP) is 2.49. The molecule has 0 aromatic rings. The van der Waals surface area contributed by atoms with Crippen molar-refractivity contribution >= 4 is 11.6 Å².